The van der Waals surface area contributed by atoms with Crippen molar-refractivity contribution in [2.24, 2.45) is 0 Å². The van der Waals surface area contributed by atoms with E-state index in [-0.39, 0.29) is 51.9 Å². The van der Waals surface area contributed by atoms with Crippen molar-refractivity contribution in [3.8, 4) is 5.75 Å². The topological polar surface area (TPSA) is 147 Å². The number of nitrogens with zero attached hydrogens (tertiary/aromatic N) is 1. The van der Waals surface area contributed by atoms with E-state index in [1.165, 1.54) is 36.4 Å². The average Bonchev–Trinajstić information content (AvgIpc) is 2.61. The van der Waals surface area contributed by atoms with Crippen molar-refractivity contribution < 1.29 is 27.8 Å². The number of aryl methyl sites for hydroxylation is 1. The Morgan fingerprint density at radius 3 is 2.41 bits per heavy atom. The van der Waals surface area contributed by atoms with Crippen molar-refractivity contribution in [2.45, 2.75) is 11.8 Å². The quantitative estimate of drug-likeness (QED) is 0.251. The summed E-state index contributed by atoms with van der Waals surface area (Å²) in [6.45, 7) is 1.67. The fraction of sp³-hybridized carbons (Fsp3) is 0.0556. The van der Waals surface area contributed by atoms with E-state index < -0.39 is 31.6 Å². The van der Waals surface area contributed by atoms with E-state index in [0.717, 1.165) is 6.07 Å². The molecule has 0 unspecified atom stereocenters. The third kappa shape index (κ3) is 4.92. The molecule has 3 aromatic carbocycles. The standard InChI is InChI=1S/C18H14N2O7S.Na.H/c1-10-2-5-14(16(6-10)20(23)24)18(22)19-12-4-3-11-7-13(28(25,26)27)9-17(21)15(11)8-12;;/h2-9,21H,1H3,(H,19,22)(H,25,26,27);;. The van der Waals surface area contributed by atoms with E-state index in [1.54, 1.807) is 13.0 Å². The Kier molecular flexibility index (Phi) is 6.66. The Morgan fingerprint density at radius 2 is 1.79 bits per heavy atom. The van der Waals surface area contributed by atoms with Crippen molar-refractivity contribution in [1.82, 2.24) is 0 Å². The van der Waals surface area contributed by atoms with Crippen molar-refractivity contribution in [2.75, 3.05) is 5.32 Å². The van der Waals surface area contributed by atoms with E-state index in [2.05, 4.69) is 5.32 Å². The van der Waals surface area contributed by atoms with Gasteiger partial charge < -0.3 is 10.4 Å². The number of nitro groups is 1. The molecule has 1 amide bonds. The van der Waals surface area contributed by atoms with E-state index >= 15 is 0 Å². The summed E-state index contributed by atoms with van der Waals surface area (Å²) < 4.78 is 31.6. The number of benzene rings is 3. The minimum atomic E-state index is -4.49. The van der Waals surface area contributed by atoms with Gasteiger partial charge in [0.1, 0.15) is 11.3 Å². The number of nitro benzene ring substituents is 1. The molecule has 0 atom stereocenters. The monoisotopic (exact) mass is 426 g/mol. The molecule has 11 heteroatoms. The van der Waals surface area contributed by atoms with Gasteiger partial charge >= 0.3 is 29.6 Å². The number of phenols is 1. The van der Waals surface area contributed by atoms with E-state index in [0.29, 0.717) is 10.9 Å². The summed E-state index contributed by atoms with van der Waals surface area (Å²) >= 11 is 0. The molecule has 9 nitrogen and oxygen atoms in total. The second kappa shape index (κ2) is 8.47. The van der Waals surface area contributed by atoms with Crippen LogP contribution in [-0.2, 0) is 10.1 Å². The van der Waals surface area contributed by atoms with Crippen molar-refractivity contribution in [1.29, 1.82) is 0 Å². The van der Waals surface area contributed by atoms with Gasteiger partial charge in [-0.3, -0.25) is 19.5 Å². The first-order chi connectivity index (χ1) is 13.1. The van der Waals surface area contributed by atoms with E-state index in [4.69, 9.17) is 4.55 Å². The van der Waals surface area contributed by atoms with Gasteiger partial charge in [0.25, 0.3) is 21.7 Å². The molecule has 0 aliphatic heterocycles. The second-order valence-corrected chi connectivity index (χ2v) is 7.51. The third-order valence-electron chi connectivity index (χ3n) is 4.06. The predicted octanol–water partition coefficient (Wildman–Crippen LogP) is 2.61. The number of anilines is 1. The SMILES string of the molecule is Cc1ccc(C(=O)Nc2ccc3cc(S(=O)(=O)O)cc(O)c3c2)c([N+](=O)[O-])c1.[NaH]. The van der Waals surface area contributed by atoms with Crippen molar-refractivity contribution >= 4 is 67.7 Å². The summed E-state index contributed by atoms with van der Waals surface area (Å²) in [4.78, 5) is 22.5. The Morgan fingerprint density at radius 1 is 1.10 bits per heavy atom. The number of rotatable bonds is 4. The zero-order valence-corrected chi connectivity index (χ0v) is 15.2. The fourth-order valence-electron chi connectivity index (χ4n) is 2.72. The van der Waals surface area contributed by atoms with Crippen LogP contribution in [0.15, 0.2) is 53.4 Å². The summed E-state index contributed by atoms with van der Waals surface area (Å²) in [7, 11) is -4.49. The number of nitrogens with one attached hydrogen (secondary N) is 1. The molecule has 0 saturated carbocycles. The zero-order valence-electron chi connectivity index (χ0n) is 14.4. The number of carbonyl (C=O) groups excluding carboxylic acids is 1. The summed E-state index contributed by atoms with van der Waals surface area (Å²) in [5, 5.41) is 24.3. The number of carbonyl (C=O) groups is 1. The van der Waals surface area contributed by atoms with Gasteiger partial charge in [-0.1, -0.05) is 12.1 Å². The van der Waals surface area contributed by atoms with Gasteiger partial charge in [0.15, 0.2) is 0 Å². The molecule has 3 N–H and O–H groups in total. The summed E-state index contributed by atoms with van der Waals surface area (Å²) in [5.41, 5.74) is 0.413. The Balaban J connectivity index is 0.00000300. The first-order valence-electron chi connectivity index (χ1n) is 7.87. The Bertz CT molecular complexity index is 1240. The number of amides is 1. The Labute approximate surface area is 187 Å². The van der Waals surface area contributed by atoms with Crippen LogP contribution in [-0.4, -0.2) is 58.5 Å². The van der Waals surface area contributed by atoms with Crippen LogP contribution < -0.4 is 5.32 Å². The number of fused-ring (bicyclic) bond motifs is 1. The Hall–Kier alpha value is -2.50. The number of hydrogen-bond donors (Lipinski definition) is 3. The fourth-order valence-corrected chi connectivity index (χ4v) is 3.26. The van der Waals surface area contributed by atoms with Gasteiger partial charge in [-0.15, -0.1) is 0 Å². The molecule has 0 aliphatic carbocycles. The van der Waals surface area contributed by atoms with Crippen LogP contribution in [0.1, 0.15) is 15.9 Å². The normalized spacial score (nSPS) is 11.0. The molecule has 3 aromatic rings. The molecule has 0 fully saturated rings. The van der Waals surface area contributed by atoms with Crippen LogP contribution >= 0.6 is 0 Å². The first-order valence-corrected chi connectivity index (χ1v) is 9.31. The number of hydrogen-bond acceptors (Lipinski definition) is 6. The van der Waals surface area contributed by atoms with E-state index in [1.807, 2.05) is 0 Å². The van der Waals surface area contributed by atoms with Gasteiger partial charge in [0.05, 0.1) is 9.82 Å². The molecule has 0 saturated heterocycles. The molecule has 0 spiro atoms. The summed E-state index contributed by atoms with van der Waals surface area (Å²) in [5.74, 6) is -1.12. The molecule has 0 heterocycles. The first kappa shape index (κ1) is 22.8. The molecule has 3 rings (SSSR count). The number of aromatic hydroxyl groups is 1. The zero-order chi connectivity index (χ0) is 20.6. The van der Waals surface area contributed by atoms with Gasteiger partial charge in [0.2, 0.25) is 0 Å². The molecule has 0 aromatic heterocycles. The van der Waals surface area contributed by atoms with Crippen LogP contribution in [0.25, 0.3) is 10.8 Å². The van der Waals surface area contributed by atoms with Gasteiger partial charge in [-0.05, 0) is 42.1 Å². The molecule has 0 bridgehead atoms. The molecular weight excluding hydrogens is 411 g/mol. The van der Waals surface area contributed by atoms with Gasteiger partial charge in [-0.25, -0.2) is 0 Å². The van der Waals surface area contributed by atoms with Crippen LogP contribution in [0.4, 0.5) is 11.4 Å². The van der Waals surface area contributed by atoms with Crippen LogP contribution in [0, 0.1) is 17.0 Å². The molecule has 0 radical (unpaired) electrons. The average molecular weight is 426 g/mol. The van der Waals surface area contributed by atoms with Gasteiger partial charge in [-0.2, -0.15) is 8.42 Å². The molecule has 29 heavy (non-hydrogen) atoms. The maximum atomic E-state index is 12.5. The van der Waals surface area contributed by atoms with Crippen LogP contribution in [0.5, 0.6) is 5.75 Å². The third-order valence-corrected chi connectivity index (χ3v) is 4.89. The summed E-state index contributed by atoms with van der Waals surface area (Å²) in [6, 6.07) is 10.5. The predicted molar refractivity (Wildman–Crippen MR) is 108 cm³/mol. The molecular formula is C18H15N2NaO7S. The minimum absolute atomic E-state index is 0. The second-order valence-electron chi connectivity index (χ2n) is 6.09. The number of phenolic OH excluding ortho intramolecular Hbond substituents is 1. The molecule has 146 valence electrons. The summed E-state index contributed by atoms with van der Waals surface area (Å²) in [6.07, 6.45) is 0. The van der Waals surface area contributed by atoms with Crippen LogP contribution in [0.2, 0.25) is 0 Å². The maximum absolute atomic E-state index is 12.5. The van der Waals surface area contributed by atoms with Crippen molar-refractivity contribution in [3.63, 3.8) is 0 Å². The van der Waals surface area contributed by atoms with Gasteiger partial charge in [0, 0.05) is 23.2 Å². The van der Waals surface area contributed by atoms with Crippen LogP contribution in [0.3, 0.4) is 0 Å². The molecule has 0 aliphatic rings. The van der Waals surface area contributed by atoms with Crippen molar-refractivity contribution in [3.05, 3.63) is 69.8 Å². The van der Waals surface area contributed by atoms with E-state index in [9.17, 15) is 28.4 Å².